The van der Waals surface area contributed by atoms with Gasteiger partial charge in [0.15, 0.2) is 9.84 Å². The number of methoxy groups -OCH3 is 1. The molecule has 0 fully saturated rings. The predicted octanol–water partition coefficient (Wildman–Crippen LogP) is 2.33. The van der Waals surface area contributed by atoms with Crippen LogP contribution in [0.1, 0.15) is 18.9 Å². The molecule has 1 aromatic carbocycles. The Hall–Kier alpha value is -3.24. The van der Waals surface area contributed by atoms with Crippen LogP contribution in [-0.2, 0) is 38.4 Å². The summed E-state index contributed by atoms with van der Waals surface area (Å²) in [6.45, 7) is 13.4. The second-order valence-corrected chi connectivity index (χ2v) is 8.33. The van der Waals surface area contributed by atoms with Crippen LogP contribution in [-0.4, -0.2) is 64.1 Å². The number of aliphatic hydroxyl groups excluding tert-OH is 1. The van der Waals surface area contributed by atoms with Crippen molar-refractivity contribution in [2.45, 2.75) is 25.2 Å². The third kappa shape index (κ3) is 17.0. The number of carbonyl (C=O) groups excluding carboxylic acids is 3. The summed E-state index contributed by atoms with van der Waals surface area (Å²) in [7, 11) is -2.06. The number of ether oxygens (including phenoxy) is 3. The van der Waals surface area contributed by atoms with E-state index in [9.17, 15) is 22.8 Å². The highest BCUT2D eigenvalue weighted by atomic mass is 32.2. The van der Waals surface area contributed by atoms with E-state index in [1.54, 1.807) is 31.2 Å². The molecule has 0 unspecified atom stereocenters. The van der Waals surface area contributed by atoms with Crippen LogP contribution in [0.25, 0.3) is 0 Å². The average molecular weight is 485 g/mol. The van der Waals surface area contributed by atoms with E-state index in [0.29, 0.717) is 12.0 Å². The van der Waals surface area contributed by atoms with Crippen LogP contribution in [0.4, 0.5) is 0 Å². The van der Waals surface area contributed by atoms with Gasteiger partial charge in [0.05, 0.1) is 24.4 Å². The molecule has 0 saturated carbocycles. The summed E-state index contributed by atoms with van der Waals surface area (Å²) in [5.74, 6) is -1.64. The zero-order chi connectivity index (χ0) is 25.9. The second kappa shape index (κ2) is 18.3. The van der Waals surface area contributed by atoms with Gasteiger partial charge in [0, 0.05) is 30.8 Å². The van der Waals surface area contributed by atoms with Crippen LogP contribution in [0.2, 0.25) is 0 Å². The van der Waals surface area contributed by atoms with Gasteiger partial charge in [-0.15, -0.1) is 0 Å². The molecule has 1 aromatic rings. The molecule has 0 aromatic heterocycles. The van der Waals surface area contributed by atoms with Crippen molar-refractivity contribution in [3.63, 3.8) is 0 Å². The van der Waals surface area contributed by atoms with Crippen molar-refractivity contribution in [3.05, 3.63) is 67.3 Å². The van der Waals surface area contributed by atoms with Crippen molar-refractivity contribution < 1.29 is 42.1 Å². The van der Waals surface area contributed by atoms with E-state index in [1.165, 1.54) is 7.11 Å². The molecule has 0 saturated heterocycles. The molecule has 0 radical (unpaired) electrons. The Bertz CT molecular complexity index is 885. The number of aryl methyl sites for hydroxylation is 1. The van der Waals surface area contributed by atoms with Crippen molar-refractivity contribution in [1.82, 2.24) is 0 Å². The first kappa shape index (κ1) is 31.9. The topological polar surface area (TPSA) is 133 Å². The van der Waals surface area contributed by atoms with Gasteiger partial charge in [-0.25, -0.2) is 22.8 Å². The van der Waals surface area contributed by atoms with Crippen LogP contribution < -0.4 is 0 Å². The Morgan fingerprint density at radius 3 is 1.85 bits per heavy atom. The van der Waals surface area contributed by atoms with Gasteiger partial charge in [0.25, 0.3) is 0 Å². The van der Waals surface area contributed by atoms with Crippen molar-refractivity contribution in [2.24, 2.45) is 0 Å². The zero-order valence-electron chi connectivity index (χ0n) is 19.2. The van der Waals surface area contributed by atoms with E-state index in [-0.39, 0.29) is 36.4 Å². The molecule has 9 nitrogen and oxygen atoms in total. The van der Waals surface area contributed by atoms with E-state index < -0.39 is 21.8 Å². The Morgan fingerprint density at radius 1 is 1.00 bits per heavy atom. The number of hydrogen-bond donors (Lipinski definition) is 1. The molecule has 0 amide bonds. The lowest BCUT2D eigenvalue weighted by Crippen LogP contribution is -2.14. The van der Waals surface area contributed by atoms with E-state index in [2.05, 4.69) is 33.9 Å². The number of hydrogen-bond acceptors (Lipinski definition) is 9. The molecule has 1 rings (SSSR count). The fourth-order valence-corrected chi connectivity index (χ4v) is 2.73. The molecule has 184 valence electrons. The van der Waals surface area contributed by atoms with Gasteiger partial charge in [-0.1, -0.05) is 37.4 Å². The fraction of sp³-hybridized carbons (Fsp3) is 0.348. The first-order valence-corrected chi connectivity index (χ1v) is 11.3. The zero-order valence-corrected chi connectivity index (χ0v) is 20.1. The van der Waals surface area contributed by atoms with Gasteiger partial charge in [0.1, 0.15) is 6.61 Å². The summed E-state index contributed by atoms with van der Waals surface area (Å²) in [4.78, 5) is 31.4. The number of rotatable bonds is 10. The quantitative estimate of drug-likeness (QED) is 0.230. The maximum atomic E-state index is 11.8. The minimum absolute atomic E-state index is 0.0461. The Kier molecular flexibility index (Phi) is 17.8. The lowest BCUT2D eigenvalue weighted by molar-refractivity contribution is -0.138. The summed E-state index contributed by atoms with van der Waals surface area (Å²) < 4.78 is 37.0. The SMILES string of the molecule is C=C(C)C(=O)OC.C=CC(=O)OCCCO.C=CC(=O)OCCS(=O)(=O)c1ccc(C)cc1. The largest absolute Gasteiger partial charge is 0.466 e. The van der Waals surface area contributed by atoms with E-state index in [1.807, 2.05) is 6.92 Å². The molecule has 0 aliphatic carbocycles. The summed E-state index contributed by atoms with van der Waals surface area (Å²) in [6.07, 6.45) is 2.58. The smallest absolute Gasteiger partial charge is 0.332 e. The van der Waals surface area contributed by atoms with Crippen LogP contribution in [0.3, 0.4) is 0 Å². The fourth-order valence-electron chi connectivity index (χ4n) is 1.64. The van der Waals surface area contributed by atoms with E-state index in [4.69, 9.17) is 5.11 Å². The summed E-state index contributed by atoms with van der Waals surface area (Å²) >= 11 is 0. The number of esters is 3. The lowest BCUT2D eigenvalue weighted by atomic mass is 10.2. The Balaban J connectivity index is 0. The molecule has 0 aliphatic heterocycles. The van der Waals surface area contributed by atoms with Gasteiger partial charge in [-0.05, 0) is 26.0 Å². The second-order valence-electron chi connectivity index (χ2n) is 6.22. The molecule has 10 heteroatoms. The molecule has 0 spiro atoms. The highest BCUT2D eigenvalue weighted by Gasteiger charge is 2.14. The van der Waals surface area contributed by atoms with Crippen molar-refractivity contribution in [3.8, 4) is 0 Å². The highest BCUT2D eigenvalue weighted by molar-refractivity contribution is 7.91. The summed E-state index contributed by atoms with van der Waals surface area (Å²) in [6, 6.07) is 6.53. The van der Waals surface area contributed by atoms with Gasteiger partial charge in [-0.2, -0.15) is 0 Å². The lowest BCUT2D eigenvalue weighted by Gasteiger charge is -2.05. The first-order chi connectivity index (χ1) is 15.4. The Labute approximate surface area is 195 Å². The van der Waals surface area contributed by atoms with E-state index in [0.717, 1.165) is 17.7 Å². The molecular formula is C23H32O9S. The van der Waals surface area contributed by atoms with Crippen LogP contribution in [0.5, 0.6) is 0 Å². The van der Waals surface area contributed by atoms with Crippen LogP contribution >= 0.6 is 0 Å². The maximum absolute atomic E-state index is 11.8. The molecule has 0 bridgehead atoms. The van der Waals surface area contributed by atoms with Gasteiger partial charge in [-0.3, -0.25) is 0 Å². The maximum Gasteiger partial charge on any atom is 0.332 e. The molecule has 1 N–H and O–H groups in total. The number of aliphatic hydroxyl groups is 1. The molecular weight excluding hydrogens is 452 g/mol. The first-order valence-electron chi connectivity index (χ1n) is 9.67. The van der Waals surface area contributed by atoms with Crippen molar-refractivity contribution in [1.29, 1.82) is 0 Å². The molecule has 0 aliphatic rings. The predicted molar refractivity (Wildman–Crippen MR) is 124 cm³/mol. The molecule has 33 heavy (non-hydrogen) atoms. The van der Waals surface area contributed by atoms with Crippen molar-refractivity contribution >= 4 is 27.7 Å². The highest BCUT2D eigenvalue weighted by Crippen LogP contribution is 2.11. The molecule has 0 heterocycles. The normalized spacial score (nSPS) is 9.58. The van der Waals surface area contributed by atoms with Gasteiger partial charge >= 0.3 is 17.9 Å². The third-order valence-electron chi connectivity index (χ3n) is 3.39. The van der Waals surface area contributed by atoms with Crippen LogP contribution in [0.15, 0.2) is 66.6 Å². The number of benzene rings is 1. The monoisotopic (exact) mass is 484 g/mol. The number of carbonyl (C=O) groups is 3. The Morgan fingerprint density at radius 2 is 1.48 bits per heavy atom. The number of sulfone groups is 1. The van der Waals surface area contributed by atoms with E-state index >= 15 is 0 Å². The average Bonchev–Trinajstić information content (AvgIpc) is 2.79. The van der Waals surface area contributed by atoms with Gasteiger partial charge < -0.3 is 19.3 Å². The minimum atomic E-state index is -3.39. The third-order valence-corrected chi connectivity index (χ3v) is 5.08. The van der Waals surface area contributed by atoms with Crippen molar-refractivity contribution in [2.75, 3.05) is 32.7 Å². The van der Waals surface area contributed by atoms with Crippen LogP contribution in [0, 0.1) is 6.92 Å². The summed E-state index contributed by atoms with van der Waals surface area (Å²) in [5, 5.41) is 8.23. The minimum Gasteiger partial charge on any atom is -0.466 e. The van der Waals surface area contributed by atoms with Gasteiger partial charge in [0.2, 0.25) is 0 Å². The standard InChI is InChI=1S/C12H14O4S.C6H10O3.C5H8O2/c1-3-12(13)16-8-9-17(14,15)11-6-4-10(2)5-7-11;1-2-6(8)9-5-3-4-7;1-4(2)5(6)7-3/h3-7H,1,8-9H2,2H3;2,7H,1,3-5H2;1H2,2-3H3. The summed E-state index contributed by atoms with van der Waals surface area (Å²) in [5.41, 5.74) is 1.42. The molecule has 0 atom stereocenters.